The summed E-state index contributed by atoms with van der Waals surface area (Å²) in [6, 6.07) is -2.65. The van der Waals surface area contributed by atoms with E-state index in [0.29, 0.717) is 6.54 Å². The third-order valence-electron chi connectivity index (χ3n) is 0.756. The Hall–Kier alpha value is -0.180. The lowest BCUT2D eigenvalue weighted by Crippen LogP contribution is -2.43. The van der Waals surface area contributed by atoms with Crippen LogP contribution in [-0.4, -0.2) is 12.6 Å². The van der Waals surface area contributed by atoms with Gasteiger partial charge in [0.1, 0.15) is 0 Å². The van der Waals surface area contributed by atoms with Gasteiger partial charge < -0.3 is 0 Å². The minimum atomic E-state index is -2.65. The van der Waals surface area contributed by atoms with Crippen molar-refractivity contribution < 1.29 is 8.78 Å². The van der Waals surface area contributed by atoms with Crippen molar-refractivity contribution in [2.24, 2.45) is 0 Å². The van der Waals surface area contributed by atoms with Crippen LogP contribution >= 0.6 is 0 Å². The van der Waals surface area contributed by atoms with Gasteiger partial charge in [0, 0.05) is 13.0 Å². The molecular formula is C3H4F2N. The molecule has 0 aromatic carbocycles. The van der Waals surface area contributed by atoms with Crippen LogP contribution in [0.4, 0.5) is 8.78 Å². The second kappa shape index (κ2) is 0.904. The normalized spacial score (nSPS) is 29.0. The van der Waals surface area contributed by atoms with Crippen LogP contribution in [0.3, 0.4) is 0 Å². The molecule has 1 radical (unpaired) electrons. The Labute approximate surface area is 34.3 Å². The molecule has 1 saturated heterocycles. The summed E-state index contributed by atoms with van der Waals surface area (Å²) in [6.07, 6.45) is -0.0486. The maximum atomic E-state index is 11.4. The van der Waals surface area contributed by atoms with Crippen molar-refractivity contribution in [2.45, 2.75) is 12.5 Å². The fourth-order valence-corrected chi connectivity index (χ4v) is 0.281. The molecule has 35 valence electrons. The highest BCUT2D eigenvalue weighted by atomic mass is 19.3. The van der Waals surface area contributed by atoms with Crippen molar-refractivity contribution >= 4 is 0 Å². The number of halogens is 2. The van der Waals surface area contributed by atoms with Gasteiger partial charge in [0.25, 0.3) is 0 Å². The highest BCUT2D eigenvalue weighted by Gasteiger charge is 2.37. The van der Waals surface area contributed by atoms with Crippen molar-refractivity contribution in [2.75, 3.05) is 6.54 Å². The summed E-state index contributed by atoms with van der Waals surface area (Å²) in [5.41, 5.74) is 0. The van der Waals surface area contributed by atoms with E-state index in [1.54, 1.807) is 0 Å². The summed E-state index contributed by atoms with van der Waals surface area (Å²) >= 11 is 0. The molecule has 0 saturated carbocycles. The molecule has 0 spiro atoms. The van der Waals surface area contributed by atoms with Crippen molar-refractivity contribution in [3.63, 3.8) is 0 Å². The summed E-state index contributed by atoms with van der Waals surface area (Å²) in [5.74, 6) is 0. The monoisotopic (exact) mass is 92.0 g/mol. The Morgan fingerprint density at radius 2 is 1.83 bits per heavy atom. The molecule has 0 unspecified atom stereocenters. The molecule has 6 heavy (non-hydrogen) atoms. The van der Waals surface area contributed by atoms with E-state index in [4.69, 9.17) is 0 Å². The molecule has 0 bridgehead atoms. The van der Waals surface area contributed by atoms with E-state index in [2.05, 4.69) is 5.32 Å². The molecule has 0 aromatic rings. The van der Waals surface area contributed by atoms with Crippen molar-refractivity contribution in [3.05, 3.63) is 0 Å². The first-order chi connectivity index (χ1) is 2.71. The predicted molar refractivity (Wildman–Crippen MR) is 16.6 cm³/mol. The van der Waals surface area contributed by atoms with Crippen molar-refractivity contribution in [3.8, 4) is 0 Å². The van der Waals surface area contributed by atoms with Crippen LogP contribution in [0.15, 0.2) is 0 Å². The molecular weight excluding hydrogens is 88.0 g/mol. The molecule has 1 aliphatic heterocycles. The molecule has 0 aromatic heterocycles. The lowest BCUT2D eigenvalue weighted by Gasteiger charge is -2.23. The van der Waals surface area contributed by atoms with Gasteiger partial charge in [0.2, 0.25) is 0 Å². The summed E-state index contributed by atoms with van der Waals surface area (Å²) in [5, 5.41) is 2.87. The Bertz CT molecular complexity index is 55.8. The largest absolute Gasteiger partial charge is 0.318 e. The third-order valence-corrected chi connectivity index (χ3v) is 0.756. The topological polar surface area (TPSA) is 14.1 Å². The van der Waals surface area contributed by atoms with Crippen LogP contribution < -0.4 is 5.32 Å². The molecule has 3 heteroatoms. The zero-order chi connectivity index (χ0) is 4.62. The van der Waals surface area contributed by atoms with E-state index < -0.39 is 6.05 Å². The second-order valence-corrected chi connectivity index (χ2v) is 1.30. The van der Waals surface area contributed by atoms with Gasteiger partial charge in [-0.2, -0.15) is 14.1 Å². The molecule has 1 nitrogen and oxygen atoms in total. The SMILES string of the molecule is FC1(F)CC[N]1. The van der Waals surface area contributed by atoms with E-state index in [1.807, 2.05) is 0 Å². The maximum absolute atomic E-state index is 11.4. The number of rotatable bonds is 0. The van der Waals surface area contributed by atoms with Gasteiger partial charge >= 0.3 is 6.05 Å². The van der Waals surface area contributed by atoms with Crippen LogP contribution in [0.2, 0.25) is 0 Å². The fraction of sp³-hybridized carbons (Fsp3) is 1.00. The number of nitrogens with zero attached hydrogens (tertiary/aromatic N) is 1. The summed E-state index contributed by atoms with van der Waals surface area (Å²) in [6.45, 7) is 0.340. The van der Waals surface area contributed by atoms with E-state index in [9.17, 15) is 8.78 Å². The van der Waals surface area contributed by atoms with Gasteiger partial charge in [-0.05, 0) is 0 Å². The van der Waals surface area contributed by atoms with Crippen LogP contribution in [0.5, 0.6) is 0 Å². The van der Waals surface area contributed by atoms with Crippen LogP contribution in [0, 0.1) is 0 Å². The number of alkyl halides is 2. The van der Waals surface area contributed by atoms with E-state index in [0.717, 1.165) is 0 Å². The van der Waals surface area contributed by atoms with Gasteiger partial charge in [-0.15, -0.1) is 0 Å². The predicted octanol–water partition coefficient (Wildman–Crippen LogP) is 0.587. The molecule has 1 aliphatic rings. The molecule has 1 heterocycles. The Kier molecular flexibility index (Phi) is 0.602. The number of hydrogen-bond acceptors (Lipinski definition) is 0. The molecule has 0 N–H and O–H groups in total. The summed E-state index contributed by atoms with van der Waals surface area (Å²) in [4.78, 5) is 0. The van der Waals surface area contributed by atoms with Crippen LogP contribution in [-0.2, 0) is 0 Å². The average Bonchev–Trinajstić information content (AvgIpc) is 1.32. The van der Waals surface area contributed by atoms with Gasteiger partial charge in [0.05, 0.1) is 0 Å². The summed E-state index contributed by atoms with van der Waals surface area (Å²) < 4.78 is 22.7. The number of hydrogen-bond donors (Lipinski definition) is 0. The maximum Gasteiger partial charge on any atom is 0.318 e. The van der Waals surface area contributed by atoms with Crippen LogP contribution in [0.25, 0.3) is 0 Å². The highest BCUT2D eigenvalue weighted by molar-refractivity contribution is 4.73. The average molecular weight is 92.1 g/mol. The Balaban J connectivity index is 2.31. The fourth-order valence-electron chi connectivity index (χ4n) is 0.281. The Morgan fingerprint density at radius 1 is 1.50 bits per heavy atom. The minimum absolute atomic E-state index is 0.0486. The van der Waals surface area contributed by atoms with E-state index >= 15 is 0 Å². The van der Waals surface area contributed by atoms with Gasteiger partial charge in [-0.3, -0.25) is 0 Å². The van der Waals surface area contributed by atoms with Crippen molar-refractivity contribution in [1.29, 1.82) is 0 Å². The molecule has 1 rings (SSSR count). The molecule has 1 fully saturated rings. The van der Waals surface area contributed by atoms with Crippen molar-refractivity contribution in [1.82, 2.24) is 5.32 Å². The van der Waals surface area contributed by atoms with E-state index in [-0.39, 0.29) is 6.42 Å². The third kappa shape index (κ3) is 0.497. The molecule has 0 amide bonds. The van der Waals surface area contributed by atoms with Gasteiger partial charge in [0.15, 0.2) is 0 Å². The first-order valence-corrected chi connectivity index (χ1v) is 1.77. The first kappa shape index (κ1) is 3.99. The minimum Gasteiger partial charge on any atom is -0.187 e. The standard InChI is InChI=1S/C3H4F2N/c4-3(5)1-2-6-3/h1-2H2. The lowest BCUT2D eigenvalue weighted by atomic mass is 10.2. The van der Waals surface area contributed by atoms with Crippen LogP contribution in [0.1, 0.15) is 6.42 Å². The lowest BCUT2D eigenvalue weighted by molar-refractivity contribution is -0.0979. The molecule has 0 atom stereocenters. The second-order valence-electron chi connectivity index (χ2n) is 1.30. The first-order valence-electron chi connectivity index (χ1n) is 1.77. The zero-order valence-electron chi connectivity index (χ0n) is 3.12. The van der Waals surface area contributed by atoms with Gasteiger partial charge in [-0.25, -0.2) is 0 Å². The zero-order valence-corrected chi connectivity index (χ0v) is 3.12. The Morgan fingerprint density at radius 3 is 1.83 bits per heavy atom. The quantitative estimate of drug-likeness (QED) is 0.388. The van der Waals surface area contributed by atoms with E-state index in [1.165, 1.54) is 0 Å². The smallest absolute Gasteiger partial charge is 0.187 e. The summed E-state index contributed by atoms with van der Waals surface area (Å²) in [7, 11) is 0. The highest BCUT2D eigenvalue weighted by Crippen LogP contribution is 2.22. The molecule has 0 aliphatic carbocycles. The van der Waals surface area contributed by atoms with Gasteiger partial charge in [-0.1, -0.05) is 0 Å².